The normalized spacial score (nSPS) is 12.3. The zero-order valence-electron chi connectivity index (χ0n) is 9.82. The Labute approximate surface area is 115 Å². The second kappa shape index (κ2) is 5.45. The fourth-order valence-corrected chi connectivity index (χ4v) is 2.38. The Morgan fingerprint density at radius 1 is 1.53 bits per heavy atom. The molecule has 0 saturated carbocycles. The van der Waals surface area contributed by atoms with Crippen LogP contribution in [0.15, 0.2) is 29.7 Å². The summed E-state index contributed by atoms with van der Waals surface area (Å²) < 4.78 is 13.0. The maximum atomic E-state index is 11.4. The van der Waals surface area contributed by atoms with Gasteiger partial charge in [0.15, 0.2) is 0 Å². The molecule has 1 unspecified atom stereocenters. The molecule has 0 aliphatic carbocycles. The summed E-state index contributed by atoms with van der Waals surface area (Å²) in [5.41, 5.74) is 0.593. The highest BCUT2D eigenvalue weighted by atomic mass is 35.5. The van der Waals surface area contributed by atoms with Crippen LogP contribution >= 0.6 is 11.6 Å². The van der Waals surface area contributed by atoms with Gasteiger partial charge in [-0.3, -0.25) is 14.3 Å². The molecule has 0 radical (unpaired) electrons. The molecule has 0 aliphatic rings. The third kappa shape index (κ3) is 2.96. The summed E-state index contributed by atoms with van der Waals surface area (Å²) in [7, 11) is -1.26. The molecule has 0 N–H and O–H groups in total. The highest BCUT2D eigenvalue weighted by molar-refractivity contribution is 7.84. The minimum Gasteiger partial charge on any atom is -0.302 e. The fraction of sp³-hybridized carbons (Fsp3) is 0.200. The number of hydrogen-bond acceptors (Lipinski definition) is 5. The SMILES string of the molecule is CS(=O)c1nncn1Cc1ccc([N+](=O)[O-])cc1Cl. The van der Waals surface area contributed by atoms with Crippen molar-refractivity contribution in [3.05, 3.63) is 45.2 Å². The Kier molecular flexibility index (Phi) is 3.91. The molecule has 100 valence electrons. The summed E-state index contributed by atoms with van der Waals surface area (Å²) in [6, 6.07) is 4.21. The minimum atomic E-state index is -1.26. The molecular formula is C10H9ClN4O3S. The van der Waals surface area contributed by atoms with Crippen LogP contribution in [-0.4, -0.2) is 30.2 Å². The summed E-state index contributed by atoms with van der Waals surface area (Å²) >= 11 is 5.99. The van der Waals surface area contributed by atoms with Crippen LogP contribution < -0.4 is 0 Å². The highest BCUT2D eigenvalue weighted by Gasteiger charge is 2.13. The van der Waals surface area contributed by atoms with Crippen molar-refractivity contribution in [1.29, 1.82) is 0 Å². The second-order valence-electron chi connectivity index (χ2n) is 3.73. The van der Waals surface area contributed by atoms with E-state index >= 15 is 0 Å². The molecule has 1 heterocycles. The van der Waals surface area contributed by atoms with Gasteiger partial charge in [-0.1, -0.05) is 11.6 Å². The van der Waals surface area contributed by atoms with Crippen LogP contribution in [-0.2, 0) is 17.3 Å². The summed E-state index contributed by atoms with van der Waals surface area (Å²) in [5.74, 6) is 0. The highest BCUT2D eigenvalue weighted by Crippen LogP contribution is 2.23. The largest absolute Gasteiger partial charge is 0.302 e. The van der Waals surface area contributed by atoms with Gasteiger partial charge in [-0.25, -0.2) is 0 Å². The maximum Gasteiger partial charge on any atom is 0.270 e. The van der Waals surface area contributed by atoms with Gasteiger partial charge in [-0.15, -0.1) is 10.2 Å². The van der Waals surface area contributed by atoms with E-state index in [2.05, 4.69) is 10.2 Å². The number of nitro groups is 1. The summed E-state index contributed by atoms with van der Waals surface area (Å²) in [6.45, 7) is 0.304. The lowest BCUT2D eigenvalue weighted by molar-refractivity contribution is -0.384. The first kappa shape index (κ1) is 13.6. The van der Waals surface area contributed by atoms with E-state index in [0.29, 0.717) is 17.3 Å². The fourth-order valence-electron chi connectivity index (χ4n) is 1.54. The average molecular weight is 301 g/mol. The summed E-state index contributed by atoms with van der Waals surface area (Å²) in [6.07, 6.45) is 2.94. The molecule has 0 aliphatic heterocycles. The predicted octanol–water partition coefficient (Wildman–Crippen LogP) is 1.63. The van der Waals surface area contributed by atoms with Gasteiger partial charge < -0.3 is 4.57 Å². The standard InChI is InChI=1S/C10H9ClN4O3S/c1-19(18)10-13-12-6-14(10)5-7-2-3-8(15(16)17)4-9(7)11/h2-4,6H,5H2,1H3. The van der Waals surface area contributed by atoms with Gasteiger partial charge in [-0.2, -0.15) is 0 Å². The van der Waals surface area contributed by atoms with E-state index in [9.17, 15) is 14.3 Å². The second-order valence-corrected chi connectivity index (χ2v) is 5.41. The number of nitro benzene ring substituents is 1. The van der Waals surface area contributed by atoms with Crippen molar-refractivity contribution in [1.82, 2.24) is 14.8 Å². The molecular weight excluding hydrogens is 292 g/mol. The molecule has 19 heavy (non-hydrogen) atoms. The van der Waals surface area contributed by atoms with Crippen molar-refractivity contribution >= 4 is 28.1 Å². The van der Waals surface area contributed by atoms with Crippen LogP contribution in [0.5, 0.6) is 0 Å². The third-order valence-electron chi connectivity index (χ3n) is 2.43. The first-order chi connectivity index (χ1) is 8.99. The molecule has 1 atom stereocenters. The molecule has 0 fully saturated rings. The van der Waals surface area contributed by atoms with Gasteiger partial charge in [0.1, 0.15) is 6.33 Å². The van der Waals surface area contributed by atoms with Gasteiger partial charge in [0.25, 0.3) is 5.69 Å². The molecule has 7 nitrogen and oxygen atoms in total. The van der Waals surface area contributed by atoms with Gasteiger partial charge in [0.05, 0.1) is 27.3 Å². The molecule has 2 aromatic rings. The summed E-state index contributed by atoms with van der Waals surface area (Å²) in [4.78, 5) is 10.1. The van der Waals surface area contributed by atoms with Crippen molar-refractivity contribution in [3.63, 3.8) is 0 Å². The molecule has 0 amide bonds. The van der Waals surface area contributed by atoms with Crippen LogP contribution in [0.25, 0.3) is 0 Å². The lowest BCUT2D eigenvalue weighted by Crippen LogP contribution is -2.06. The quantitative estimate of drug-likeness (QED) is 0.632. The first-order valence-electron chi connectivity index (χ1n) is 5.13. The monoisotopic (exact) mass is 300 g/mol. The van der Waals surface area contributed by atoms with Gasteiger partial charge in [0, 0.05) is 18.4 Å². The molecule has 1 aromatic carbocycles. The van der Waals surface area contributed by atoms with E-state index in [1.807, 2.05) is 0 Å². The lowest BCUT2D eigenvalue weighted by Gasteiger charge is -2.06. The number of nitrogens with zero attached hydrogens (tertiary/aromatic N) is 4. The number of aromatic nitrogens is 3. The van der Waals surface area contributed by atoms with Crippen molar-refractivity contribution in [2.45, 2.75) is 11.7 Å². The van der Waals surface area contributed by atoms with Crippen LogP contribution in [0.2, 0.25) is 5.02 Å². The predicted molar refractivity (Wildman–Crippen MR) is 69.6 cm³/mol. The number of rotatable bonds is 4. The molecule has 1 aromatic heterocycles. The van der Waals surface area contributed by atoms with Crippen molar-refractivity contribution < 1.29 is 9.13 Å². The van der Waals surface area contributed by atoms with E-state index in [1.165, 1.54) is 24.7 Å². The third-order valence-corrected chi connectivity index (χ3v) is 3.61. The van der Waals surface area contributed by atoms with Crippen LogP contribution in [0.4, 0.5) is 5.69 Å². The van der Waals surface area contributed by atoms with Gasteiger partial charge >= 0.3 is 0 Å². The Balaban J connectivity index is 2.31. The van der Waals surface area contributed by atoms with Gasteiger partial charge in [-0.05, 0) is 11.6 Å². The number of benzene rings is 1. The van der Waals surface area contributed by atoms with E-state index in [-0.39, 0.29) is 10.7 Å². The molecule has 2 rings (SSSR count). The Bertz CT molecular complexity index is 658. The number of halogens is 1. The van der Waals surface area contributed by atoms with Crippen molar-refractivity contribution in [2.75, 3.05) is 6.26 Å². The van der Waals surface area contributed by atoms with Gasteiger partial charge in [0.2, 0.25) is 5.16 Å². The van der Waals surface area contributed by atoms with E-state index in [0.717, 1.165) is 0 Å². The zero-order chi connectivity index (χ0) is 14.0. The molecule has 0 bridgehead atoms. The topological polar surface area (TPSA) is 90.9 Å². The van der Waals surface area contributed by atoms with Crippen molar-refractivity contribution in [2.24, 2.45) is 0 Å². The van der Waals surface area contributed by atoms with Crippen LogP contribution in [0, 0.1) is 10.1 Å². The Morgan fingerprint density at radius 2 is 2.26 bits per heavy atom. The first-order valence-corrected chi connectivity index (χ1v) is 7.06. The Morgan fingerprint density at radius 3 is 2.84 bits per heavy atom. The molecule has 0 saturated heterocycles. The minimum absolute atomic E-state index is 0.0724. The smallest absolute Gasteiger partial charge is 0.270 e. The number of hydrogen-bond donors (Lipinski definition) is 0. The van der Waals surface area contributed by atoms with E-state index in [1.54, 1.807) is 10.6 Å². The van der Waals surface area contributed by atoms with E-state index < -0.39 is 15.7 Å². The number of non-ortho nitro benzene ring substituents is 1. The zero-order valence-corrected chi connectivity index (χ0v) is 11.4. The molecule has 0 spiro atoms. The van der Waals surface area contributed by atoms with Crippen LogP contribution in [0.1, 0.15) is 5.56 Å². The van der Waals surface area contributed by atoms with Crippen molar-refractivity contribution in [3.8, 4) is 0 Å². The maximum absolute atomic E-state index is 11.4. The lowest BCUT2D eigenvalue weighted by atomic mass is 10.2. The summed E-state index contributed by atoms with van der Waals surface area (Å²) in [5, 5.41) is 18.6. The van der Waals surface area contributed by atoms with Crippen LogP contribution in [0.3, 0.4) is 0 Å². The van der Waals surface area contributed by atoms with E-state index in [4.69, 9.17) is 11.6 Å². The Hall–Kier alpha value is -1.80. The molecule has 9 heteroatoms. The average Bonchev–Trinajstić information content (AvgIpc) is 2.79.